The van der Waals surface area contributed by atoms with Gasteiger partial charge in [0.05, 0.1) is 16.7 Å². The molecular formula is C17H14BrClN2. The molecule has 0 N–H and O–H groups in total. The number of aryl methyl sites for hydroxylation is 1. The first-order chi connectivity index (χ1) is 10.1. The number of aromatic nitrogens is 2. The average molecular weight is 362 g/mol. The second-order valence-corrected chi connectivity index (χ2v) is 6.25. The Bertz CT molecular complexity index is 752. The molecule has 1 atom stereocenters. The van der Waals surface area contributed by atoms with Crippen LogP contribution >= 0.6 is 27.5 Å². The molecule has 0 aliphatic rings. The van der Waals surface area contributed by atoms with Gasteiger partial charge >= 0.3 is 0 Å². The van der Waals surface area contributed by atoms with Crippen LogP contribution < -0.4 is 0 Å². The maximum absolute atomic E-state index is 6.20. The van der Waals surface area contributed by atoms with Gasteiger partial charge in [0.2, 0.25) is 0 Å². The molecule has 21 heavy (non-hydrogen) atoms. The summed E-state index contributed by atoms with van der Waals surface area (Å²) >= 11 is 9.93. The molecule has 1 aromatic heterocycles. The predicted molar refractivity (Wildman–Crippen MR) is 90.5 cm³/mol. The molecule has 0 amide bonds. The molecule has 0 aliphatic heterocycles. The normalized spacial score (nSPS) is 12.3. The highest BCUT2D eigenvalue weighted by Crippen LogP contribution is 2.33. The third-order valence-electron chi connectivity index (χ3n) is 3.40. The molecule has 0 saturated heterocycles. The Labute approximate surface area is 137 Å². The van der Waals surface area contributed by atoms with E-state index >= 15 is 0 Å². The minimum Gasteiger partial charge on any atom is -0.241 e. The fraction of sp³-hybridized carbons (Fsp3) is 0.118. The molecule has 0 aliphatic carbocycles. The topological polar surface area (TPSA) is 17.8 Å². The summed E-state index contributed by atoms with van der Waals surface area (Å²) in [6.45, 7) is 2.00. The van der Waals surface area contributed by atoms with Crippen molar-refractivity contribution in [3.05, 3.63) is 82.6 Å². The van der Waals surface area contributed by atoms with E-state index in [2.05, 4.69) is 27.1 Å². The van der Waals surface area contributed by atoms with Crippen molar-refractivity contribution in [1.82, 2.24) is 9.78 Å². The van der Waals surface area contributed by atoms with Crippen LogP contribution in [0.4, 0.5) is 0 Å². The zero-order chi connectivity index (χ0) is 14.8. The van der Waals surface area contributed by atoms with E-state index in [4.69, 9.17) is 11.6 Å². The quantitative estimate of drug-likeness (QED) is 0.577. The van der Waals surface area contributed by atoms with E-state index in [1.807, 2.05) is 66.5 Å². The van der Waals surface area contributed by atoms with Crippen molar-refractivity contribution in [3.8, 4) is 5.69 Å². The number of para-hydroxylation sites is 1. The average Bonchev–Trinajstić information content (AvgIpc) is 3.00. The lowest BCUT2D eigenvalue weighted by Gasteiger charge is -2.09. The highest BCUT2D eigenvalue weighted by atomic mass is 79.9. The number of nitrogens with zero attached hydrogens (tertiary/aromatic N) is 2. The van der Waals surface area contributed by atoms with Crippen LogP contribution in [0, 0.1) is 6.92 Å². The largest absolute Gasteiger partial charge is 0.241 e. The van der Waals surface area contributed by atoms with Crippen LogP contribution in [0.1, 0.15) is 21.5 Å². The van der Waals surface area contributed by atoms with E-state index in [1.54, 1.807) is 0 Å². The summed E-state index contributed by atoms with van der Waals surface area (Å²) in [6.07, 6.45) is 3.91. The molecule has 0 radical (unpaired) electrons. The van der Waals surface area contributed by atoms with E-state index in [9.17, 15) is 0 Å². The van der Waals surface area contributed by atoms with E-state index in [1.165, 1.54) is 0 Å². The monoisotopic (exact) mass is 360 g/mol. The SMILES string of the molecule is Cc1ccc(C(Br)c2cnn(-c3ccccc3)c2)cc1Cl. The molecule has 2 aromatic carbocycles. The molecule has 106 valence electrons. The van der Waals surface area contributed by atoms with Crippen LogP contribution in [0.25, 0.3) is 5.69 Å². The highest BCUT2D eigenvalue weighted by molar-refractivity contribution is 9.09. The van der Waals surface area contributed by atoms with Crippen molar-refractivity contribution in [2.24, 2.45) is 0 Å². The van der Waals surface area contributed by atoms with Crippen molar-refractivity contribution in [1.29, 1.82) is 0 Å². The number of halogens is 2. The lowest BCUT2D eigenvalue weighted by molar-refractivity contribution is 0.880. The summed E-state index contributed by atoms with van der Waals surface area (Å²) in [5.41, 5.74) is 4.35. The molecule has 0 bridgehead atoms. The smallest absolute Gasteiger partial charge is 0.0676 e. The van der Waals surface area contributed by atoms with Gasteiger partial charge in [0.1, 0.15) is 0 Å². The van der Waals surface area contributed by atoms with Gasteiger partial charge in [-0.05, 0) is 36.2 Å². The molecule has 0 saturated carbocycles. The Balaban J connectivity index is 1.90. The van der Waals surface area contributed by atoms with Crippen molar-refractivity contribution in [2.75, 3.05) is 0 Å². The van der Waals surface area contributed by atoms with Gasteiger partial charge in [-0.1, -0.05) is 57.9 Å². The van der Waals surface area contributed by atoms with Gasteiger partial charge in [0, 0.05) is 16.8 Å². The zero-order valence-electron chi connectivity index (χ0n) is 11.5. The van der Waals surface area contributed by atoms with Gasteiger partial charge in [-0.15, -0.1) is 0 Å². The Morgan fingerprint density at radius 3 is 2.57 bits per heavy atom. The lowest BCUT2D eigenvalue weighted by atomic mass is 10.1. The second-order valence-electron chi connectivity index (χ2n) is 4.92. The number of benzene rings is 2. The first kappa shape index (κ1) is 14.4. The zero-order valence-corrected chi connectivity index (χ0v) is 13.8. The molecule has 3 aromatic rings. The van der Waals surface area contributed by atoms with E-state index in [-0.39, 0.29) is 4.83 Å². The van der Waals surface area contributed by atoms with Gasteiger partial charge in [-0.25, -0.2) is 4.68 Å². The summed E-state index contributed by atoms with van der Waals surface area (Å²) in [5.74, 6) is 0. The summed E-state index contributed by atoms with van der Waals surface area (Å²) in [5, 5.41) is 5.21. The van der Waals surface area contributed by atoms with Gasteiger partial charge in [0.25, 0.3) is 0 Å². The van der Waals surface area contributed by atoms with Crippen molar-refractivity contribution >= 4 is 27.5 Å². The predicted octanol–water partition coefficient (Wildman–Crippen LogP) is 5.32. The Hall–Kier alpha value is -1.58. The van der Waals surface area contributed by atoms with Crippen LogP contribution in [0.15, 0.2) is 60.9 Å². The third kappa shape index (κ3) is 3.04. The minimum absolute atomic E-state index is 0.0769. The summed E-state index contributed by atoms with van der Waals surface area (Å²) < 4.78 is 1.87. The Morgan fingerprint density at radius 2 is 1.86 bits per heavy atom. The molecule has 0 spiro atoms. The molecule has 1 heterocycles. The van der Waals surface area contributed by atoms with Gasteiger partial charge in [-0.3, -0.25) is 0 Å². The van der Waals surface area contributed by atoms with E-state index < -0.39 is 0 Å². The van der Waals surface area contributed by atoms with Crippen molar-refractivity contribution in [3.63, 3.8) is 0 Å². The van der Waals surface area contributed by atoms with Crippen LogP contribution in [-0.2, 0) is 0 Å². The van der Waals surface area contributed by atoms with E-state index in [0.29, 0.717) is 0 Å². The highest BCUT2D eigenvalue weighted by Gasteiger charge is 2.14. The first-order valence-corrected chi connectivity index (χ1v) is 7.94. The van der Waals surface area contributed by atoms with Gasteiger partial charge < -0.3 is 0 Å². The van der Waals surface area contributed by atoms with Gasteiger partial charge in [-0.2, -0.15) is 5.10 Å². The van der Waals surface area contributed by atoms with Crippen LogP contribution in [0.3, 0.4) is 0 Å². The van der Waals surface area contributed by atoms with Crippen LogP contribution in [0.2, 0.25) is 5.02 Å². The molecule has 1 unspecified atom stereocenters. The third-order valence-corrected chi connectivity index (χ3v) is 4.87. The fourth-order valence-corrected chi connectivity index (χ4v) is 2.86. The lowest BCUT2D eigenvalue weighted by Crippen LogP contribution is -1.94. The molecule has 3 rings (SSSR count). The van der Waals surface area contributed by atoms with Gasteiger partial charge in [0.15, 0.2) is 0 Å². The summed E-state index contributed by atoms with van der Waals surface area (Å²) in [7, 11) is 0. The molecular weight excluding hydrogens is 348 g/mol. The van der Waals surface area contributed by atoms with Crippen molar-refractivity contribution < 1.29 is 0 Å². The van der Waals surface area contributed by atoms with Crippen LogP contribution in [0.5, 0.6) is 0 Å². The molecule has 0 fully saturated rings. The molecule has 2 nitrogen and oxygen atoms in total. The fourth-order valence-electron chi connectivity index (χ4n) is 2.15. The van der Waals surface area contributed by atoms with Crippen molar-refractivity contribution in [2.45, 2.75) is 11.8 Å². The molecule has 4 heteroatoms. The Kier molecular flexibility index (Phi) is 4.13. The number of hydrogen-bond donors (Lipinski definition) is 0. The number of rotatable bonds is 3. The summed E-state index contributed by atoms with van der Waals surface area (Å²) in [6, 6.07) is 16.2. The maximum Gasteiger partial charge on any atom is 0.0676 e. The number of alkyl halides is 1. The number of hydrogen-bond acceptors (Lipinski definition) is 1. The minimum atomic E-state index is 0.0769. The Morgan fingerprint density at radius 1 is 1.10 bits per heavy atom. The standard InChI is InChI=1S/C17H14BrClN2/c1-12-7-8-13(9-16(12)19)17(18)14-10-20-21(11-14)15-5-3-2-4-6-15/h2-11,17H,1H3. The van der Waals surface area contributed by atoms with E-state index in [0.717, 1.165) is 27.4 Å². The second kappa shape index (κ2) is 6.04. The summed E-state index contributed by atoms with van der Waals surface area (Å²) in [4.78, 5) is 0.0769. The van der Waals surface area contributed by atoms with Crippen LogP contribution in [-0.4, -0.2) is 9.78 Å². The maximum atomic E-state index is 6.20. The first-order valence-electron chi connectivity index (χ1n) is 6.65.